The summed E-state index contributed by atoms with van der Waals surface area (Å²) in [5, 5.41) is 2.33. The number of rotatable bonds is 4. The highest BCUT2D eigenvalue weighted by Gasteiger charge is 2.36. The minimum Gasteiger partial charge on any atom is -0.361 e. The van der Waals surface area contributed by atoms with Gasteiger partial charge in [0.25, 0.3) is 10.0 Å². The predicted octanol–water partition coefficient (Wildman–Crippen LogP) is 4.03. The Morgan fingerprint density at radius 3 is 2.84 bits per heavy atom. The second kappa shape index (κ2) is 7.59. The highest BCUT2D eigenvalue weighted by atomic mass is 35.5. The van der Waals surface area contributed by atoms with Crippen LogP contribution in [0.5, 0.6) is 0 Å². The van der Waals surface area contributed by atoms with Gasteiger partial charge in [-0.3, -0.25) is 9.78 Å². The third-order valence-electron chi connectivity index (χ3n) is 5.65. The average molecular weight is 475 g/mol. The summed E-state index contributed by atoms with van der Waals surface area (Å²) in [6.45, 7) is 2.27. The van der Waals surface area contributed by atoms with Gasteiger partial charge < -0.3 is 9.88 Å². The number of carbonyl (C=O) groups excluding carboxylic acids is 1. The molecule has 0 radical (unpaired) electrons. The van der Waals surface area contributed by atoms with E-state index in [1.165, 1.54) is 15.6 Å². The lowest BCUT2D eigenvalue weighted by Crippen LogP contribution is -2.52. The number of fused-ring (bicyclic) bond motifs is 2. The van der Waals surface area contributed by atoms with Crippen LogP contribution >= 0.6 is 22.9 Å². The van der Waals surface area contributed by atoms with Crippen molar-refractivity contribution >= 4 is 59.9 Å². The molecule has 0 spiro atoms. The number of aromatic nitrogens is 2. The zero-order chi connectivity index (χ0) is 21.8. The van der Waals surface area contributed by atoms with E-state index >= 15 is 0 Å². The number of sulfonamides is 1. The summed E-state index contributed by atoms with van der Waals surface area (Å²) >= 11 is 7.19. The fourth-order valence-electron chi connectivity index (χ4n) is 4.00. The molecule has 31 heavy (non-hydrogen) atoms. The molecule has 160 valence electrons. The number of hydrogen-bond acceptors (Lipinski definition) is 5. The van der Waals surface area contributed by atoms with Gasteiger partial charge in [0, 0.05) is 46.1 Å². The number of hydrogen-bond donors (Lipinski definition) is 1. The Balaban J connectivity index is 1.38. The Kier molecular flexibility index (Phi) is 5.01. The fraction of sp³-hybridized carbons (Fsp3) is 0.238. The quantitative estimate of drug-likeness (QED) is 0.484. The number of pyridine rings is 1. The van der Waals surface area contributed by atoms with Gasteiger partial charge in [-0.05, 0) is 42.6 Å². The van der Waals surface area contributed by atoms with Crippen molar-refractivity contribution in [3.05, 3.63) is 59.5 Å². The topological polar surface area (TPSA) is 86.4 Å². The second-order valence-corrected chi connectivity index (χ2v) is 11.2. The van der Waals surface area contributed by atoms with Gasteiger partial charge >= 0.3 is 0 Å². The van der Waals surface area contributed by atoms with Gasteiger partial charge in [-0.1, -0.05) is 17.7 Å². The van der Waals surface area contributed by atoms with E-state index in [-0.39, 0.29) is 29.2 Å². The molecular weight excluding hydrogens is 456 g/mol. The van der Waals surface area contributed by atoms with Gasteiger partial charge in [0.05, 0.1) is 18.3 Å². The number of piperazine rings is 1. The van der Waals surface area contributed by atoms with Crippen molar-refractivity contribution in [3.63, 3.8) is 0 Å². The van der Waals surface area contributed by atoms with E-state index < -0.39 is 10.0 Å². The number of halogens is 1. The molecule has 7 nitrogen and oxygen atoms in total. The van der Waals surface area contributed by atoms with Crippen molar-refractivity contribution in [1.29, 1.82) is 0 Å². The van der Waals surface area contributed by atoms with Crippen LogP contribution in [-0.2, 0) is 14.8 Å². The molecule has 1 aromatic carbocycles. The van der Waals surface area contributed by atoms with Gasteiger partial charge in [-0.15, -0.1) is 11.3 Å². The Morgan fingerprint density at radius 1 is 1.19 bits per heavy atom. The van der Waals surface area contributed by atoms with Gasteiger partial charge in [0.15, 0.2) is 0 Å². The van der Waals surface area contributed by atoms with E-state index in [0.29, 0.717) is 11.6 Å². The molecule has 1 amide bonds. The monoisotopic (exact) mass is 474 g/mol. The smallest absolute Gasteiger partial charge is 0.253 e. The van der Waals surface area contributed by atoms with Crippen molar-refractivity contribution in [2.75, 3.05) is 19.6 Å². The van der Waals surface area contributed by atoms with Crippen LogP contribution in [0.4, 0.5) is 0 Å². The van der Waals surface area contributed by atoms with Crippen LogP contribution in [-0.4, -0.2) is 53.1 Å². The van der Waals surface area contributed by atoms with Gasteiger partial charge in [0.1, 0.15) is 4.21 Å². The summed E-state index contributed by atoms with van der Waals surface area (Å²) in [6, 6.07) is 10.5. The number of aromatic amines is 1. The van der Waals surface area contributed by atoms with E-state index in [2.05, 4.69) is 9.97 Å². The van der Waals surface area contributed by atoms with Crippen LogP contribution in [0, 0.1) is 0 Å². The van der Waals surface area contributed by atoms with Crippen LogP contribution < -0.4 is 0 Å². The number of thiophene rings is 1. The van der Waals surface area contributed by atoms with E-state index in [9.17, 15) is 13.2 Å². The summed E-state index contributed by atoms with van der Waals surface area (Å²) < 4.78 is 28.7. The maximum absolute atomic E-state index is 13.2. The van der Waals surface area contributed by atoms with Crippen molar-refractivity contribution in [3.8, 4) is 0 Å². The maximum atomic E-state index is 13.2. The molecule has 1 saturated heterocycles. The first-order chi connectivity index (χ1) is 14.8. The van der Waals surface area contributed by atoms with Crippen molar-refractivity contribution in [2.24, 2.45) is 0 Å². The molecule has 1 aliphatic rings. The number of amides is 1. The van der Waals surface area contributed by atoms with Crippen LogP contribution in [0.2, 0.25) is 5.02 Å². The average Bonchev–Trinajstić information content (AvgIpc) is 3.39. The van der Waals surface area contributed by atoms with E-state index in [0.717, 1.165) is 26.7 Å². The Bertz CT molecular complexity index is 1410. The number of benzene rings is 1. The lowest BCUT2D eigenvalue weighted by Gasteiger charge is -2.36. The minimum absolute atomic E-state index is 0.190. The number of H-pyrrole nitrogens is 1. The van der Waals surface area contributed by atoms with Crippen LogP contribution in [0.3, 0.4) is 0 Å². The van der Waals surface area contributed by atoms with Crippen molar-refractivity contribution < 1.29 is 13.2 Å². The first-order valence-electron chi connectivity index (χ1n) is 9.75. The normalized spacial score (nSPS) is 17.0. The molecular formula is C21H19ClN4O3S2. The lowest BCUT2D eigenvalue weighted by molar-refractivity contribution is -0.136. The minimum atomic E-state index is -3.77. The summed E-state index contributed by atoms with van der Waals surface area (Å²) in [7, 11) is -3.77. The van der Waals surface area contributed by atoms with Gasteiger partial charge in [0.2, 0.25) is 5.91 Å². The zero-order valence-electron chi connectivity index (χ0n) is 16.6. The highest BCUT2D eigenvalue weighted by Crippen LogP contribution is 2.34. The van der Waals surface area contributed by atoms with Gasteiger partial charge in [-0.25, -0.2) is 8.42 Å². The summed E-state index contributed by atoms with van der Waals surface area (Å²) in [4.78, 5) is 22.3. The largest absolute Gasteiger partial charge is 0.361 e. The molecule has 0 saturated carbocycles. The standard InChI is InChI=1S/C21H19ClN4O3S2/c1-13(21-16-4-6-23-17(16)5-7-24-21)26-9-8-25(12-19(26)27)31(28,29)20-10-14-2-3-15(22)11-18(14)30-20/h2-7,10-11,13,23H,8-9,12H2,1H3. The molecule has 0 aliphatic carbocycles. The highest BCUT2D eigenvalue weighted by molar-refractivity contribution is 7.91. The van der Waals surface area contributed by atoms with E-state index in [1.54, 1.807) is 35.4 Å². The number of nitrogens with one attached hydrogen (secondary N) is 1. The third-order valence-corrected chi connectivity index (χ3v) is 9.28. The molecule has 1 atom stereocenters. The zero-order valence-corrected chi connectivity index (χ0v) is 19.0. The molecule has 1 N–H and O–H groups in total. The van der Waals surface area contributed by atoms with E-state index in [1.807, 2.05) is 25.3 Å². The van der Waals surface area contributed by atoms with Crippen molar-refractivity contribution in [1.82, 2.24) is 19.2 Å². The molecule has 4 aromatic rings. The Labute approximate surface area is 188 Å². The molecule has 5 rings (SSSR count). The second-order valence-electron chi connectivity index (χ2n) is 7.48. The summed E-state index contributed by atoms with van der Waals surface area (Å²) in [6.07, 6.45) is 3.55. The van der Waals surface area contributed by atoms with Crippen LogP contribution in [0.25, 0.3) is 21.0 Å². The van der Waals surface area contributed by atoms with Crippen LogP contribution in [0.1, 0.15) is 18.7 Å². The first-order valence-corrected chi connectivity index (χ1v) is 12.4. The molecule has 1 unspecified atom stereocenters. The molecule has 3 aromatic heterocycles. The van der Waals surface area contributed by atoms with Gasteiger partial charge in [-0.2, -0.15) is 4.31 Å². The van der Waals surface area contributed by atoms with E-state index in [4.69, 9.17) is 11.6 Å². The Morgan fingerprint density at radius 2 is 2.03 bits per heavy atom. The summed E-state index contributed by atoms with van der Waals surface area (Å²) in [5.74, 6) is -0.235. The lowest BCUT2D eigenvalue weighted by atomic mass is 10.1. The Hall–Kier alpha value is -2.46. The number of nitrogens with zero attached hydrogens (tertiary/aromatic N) is 3. The van der Waals surface area contributed by atoms with Crippen molar-refractivity contribution in [2.45, 2.75) is 17.2 Å². The number of carbonyl (C=O) groups is 1. The molecule has 4 heterocycles. The maximum Gasteiger partial charge on any atom is 0.253 e. The molecule has 0 bridgehead atoms. The first kappa shape index (κ1) is 20.4. The molecule has 10 heteroatoms. The third kappa shape index (κ3) is 3.51. The fourth-order valence-corrected chi connectivity index (χ4v) is 7.21. The van der Waals surface area contributed by atoms with Crippen LogP contribution in [0.15, 0.2) is 53.0 Å². The SMILES string of the molecule is CC(c1nccc2[nH]ccc12)N1CCN(S(=O)(=O)c2cc3ccc(Cl)cc3s2)CC1=O. The molecule has 1 fully saturated rings. The summed E-state index contributed by atoms with van der Waals surface area (Å²) in [5.41, 5.74) is 1.75. The predicted molar refractivity (Wildman–Crippen MR) is 122 cm³/mol. The molecule has 1 aliphatic heterocycles.